The van der Waals surface area contributed by atoms with E-state index in [0.29, 0.717) is 6.04 Å². The zero-order chi connectivity index (χ0) is 10.8. The average Bonchev–Trinajstić information content (AvgIpc) is 2.99. The Morgan fingerprint density at radius 2 is 2.27 bits per heavy atom. The van der Waals surface area contributed by atoms with Gasteiger partial charge in [-0.05, 0) is 44.7 Å². The van der Waals surface area contributed by atoms with E-state index in [4.69, 9.17) is 5.73 Å². The summed E-state index contributed by atoms with van der Waals surface area (Å²) in [6.45, 7) is 5.48. The molecule has 15 heavy (non-hydrogen) atoms. The summed E-state index contributed by atoms with van der Waals surface area (Å²) in [5.41, 5.74) is 6.74. The fourth-order valence-electron chi connectivity index (χ4n) is 1.77. The monoisotopic (exact) mass is 205 g/mol. The first-order valence-electron chi connectivity index (χ1n) is 5.65. The Balaban J connectivity index is 2.19. The van der Waals surface area contributed by atoms with Gasteiger partial charge in [0, 0.05) is 18.8 Å². The lowest BCUT2D eigenvalue weighted by Gasteiger charge is -2.28. The fourth-order valence-corrected chi connectivity index (χ4v) is 1.77. The van der Waals surface area contributed by atoms with Crippen molar-refractivity contribution >= 4 is 11.5 Å². The van der Waals surface area contributed by atoms with Crippen molar-refractivity contribution in [3.63, 3.8) is 0 Å². The molecule has 0 spiro atoms. The minimum absolute atomic E-state index is 0.461. The minimum atomic E-state index is 0.461. The van der Waals surface area contributed by atoms with Crippen molar-refractivity contribution in [3.8, 4) is 0 Å². The Labute approximate surface area is 91.3 Å². The SMILES string of the molecule is CC(C)N(CC1CC1)c1ncccc1N. The lowest BCUT2D eigenvalue weighted by Crippen LogP contribution is -2.34. The highest BCUT2D eigenvalue weighted by atomic mass is 15.2. The number of anilines is 2. The molecule has 1 aromatic heterocycles. The second-order valence-corrected chi connectivity index (χ2v) is 4.61. The molecule has 0 atom stereocenters. The molecule has 1 aromatic rings. The van der Waals surface area contributed by atoms with E-state index in [1.54, 1.807) is 0 Å². The molecule has 0 unspecified atom stereocenters. The molecule has 1 saturated carbocycles. The van der Waals surface area contributed by atoms with Crippen LogP contribution in [0.5, 0.6) is 0 Å². The molecular formula is C12H19N3. The summed E-state index contributed by atoms with van der Waals surface area (Å²) >= 11 is 0. The van der Waals surface area contributed by atoms with E-state index in [-0.39, 0.29) is 0 Å². The van der Waals surface area contributed by atoms with Gasteiger partial charge in [0.1, 0.15) is 0 Å². The van der Waals surface area contributed by atoms with Gasteiger partial charge in [0.15, 0.2) is 5.82 Å². The zero-order valence-corrected chi connectivity index (χ0v) is 9.48. The first-order valence-corrected chi connectivity index (χ1v) is 5.65. The third kappa shape index (κ3) is 2.41. The molecule has 1 fully saturated rings. The molecule has 1 aliphatic carbocycles. The van der Waals surface area contributed by atoms with Gasteiger partial charge < -0.3 is 10.6 Å². The Bertz CT molecular complexity index is 331. The van der Waals surface area contributed by atoms with Crippen molar-refractivity contribution in [1.29, 1.82) is 0 Å². The van der Waals surface area contributed by atoms with Crippen LogP contribution >= 0.6 is 0 Å². The Morgan fingerprint density at radius 1 is 1.53 bits per heavy atom. The predicted octanol–water partition coefficient (Wildman–Crippen LogP) is 2.29. The predicted molar refractivity (Wildman–Crippen MR) is 63.9 cm³/mol. The summed E-state index contributed by atoms with van der Waals surface area (Å²) in [4.78, 5) is 6.69. The summed E-state index contributed by atoms with van der Waals surface area (Å²) in [5.74, 6) is 1.80. The normalized spacial score (nSPS) is 15.7. The number of nitrogens with two attached hydrogens (primary N) is 1. The highest BCUT2D eigenvalue weighted by Gasteiger charge is 2.26. The van der Waals surface area contributed by atoms with E-state index in [0.717, 1.165) is 24.0 Å². The van der Waals surface area contributed by atoms with Crippen LogP contribution in [0.3, 0.4) is 0 Å². The first kappa shape index (κ1) is 10.3. The number of nitrogens with zero attached hydrogens (tertiary/aromatic N) is 2. The van der Waals surface area contributed by atoms with Crippen molar-refractivity contribution in [3.05, 3.63) is 18.3 Å². The van der Waals surface area contributed by atoms with Gasteiger partial charge in [-0.2, -0.15) is 0 Å². The number of hydrogen-bond donors (Lipinski definition) is 1. The van der Waals surface area contributed by atoms with Gasteiger partial charge in [0.2, 0.25) is 0 Å². The van der Waals surface area contributed by atoms with Gasteiger partial charge in [0.25, 0.3) is 0 Å². The highest BCUT2D eigenvalue weighted by molar-refractivity contribution is 5.62. The summed E-state index contributed by atoms with van der Waals surface area (Å²) in [6.07, 6.45) is 4.53. The Morgan fingerprint density at radius 3 is 2.80 bits per heavy atom. The van der Waals surface area contributed by atoms with Gasteiger partial charge in [-0.1, -0.05) is 0 Å². The Hall–Kier alpha value is -1.25. The van der Waals surface area contributed by atoms with Gasteiger partial charge >= 0.3 is 0 Å². The van der Waals surface area contributed by atoms with Gasteiger partial charge in [0.05, 0.1) is 5.69 Å². The van der Waals surface area contributed by atoms with Gasteiger partial charge in [-0.25, -0.2) is 4.98 Å². The lowest BCUT2D eigenvalue weighted by molar-refractivity contribution is 0.638. The lowest BCUT2D eigenvalue weighted by atomic mass is 10.2. The molecule has 2 rings (SSSR count). The Kier molecular flexibility index (Phi) is 2.80. The van der Waals surface area contributed by atoms with Crippen LogP contribution in [-0.2, 0) is 0 Å². The number of rotatable bonds is 4. The van der Waals surface area contributed by atoms with Crippen molar-refractivity contribution in [2.75, 3.05) is 17.2 Å². The number of nitrogen functional groups attached to an aromatic ring is 1. The third-order valence-electron chi connectivity index (χ3n) is 2.86. The second-order valence-electron chi connectivity index (χ2n) is 4.61. The van der Waals surface area contributed by atoms with E-state index in [2.05, 4.69) is 23.7 Å². The maximum atomic E-state index is 5.95. The molecule has 3 nitrogen and oxygen atoms in total. The summed E-state index contributed by atoms with van der Waals surface area (Å²) in [5, 5.41) is 0. The highest BCUT2D eigenvalue weighted by Crippen LogP contribution is 2.33. The quantitative estimate of drug-likeness (QED) is 0.820. The van der Waals surface area contributed by atoms with Crippen molar-refractivity contribution in [1.82, 2.24) is 4.98 Å². The molecule has 0 amide bonds. The number of aromatic nitrogens is 1. The molecule has 1 aliphatic rings. The van der Waals surface area contributed by atoms with Crippen LogP contribution < -0.4 is 10.6 Å². The molecule has 0 saturated heterocycles. The topological polar surface area (TPSA) is 42.2 Å². The van der Waals surface area contributed by atoms with Crippen molar-refractivity contribution < 1.29 is 0 Å². The van der Waals surface area contributed by atoms with Crippen molar-refractivity contribution in [2.24, 2.45) is 5.92 Å². The maximum absolute atomic E-state index is 5.95. The fraction of sp³-hybridized carbons (Fsp3) is 0.583. The minimum Gasteiger partial charge on any atom is -0.396 e. The molecule has 0 aliphatic heterocycles. The van der Waals surface area contributed by atoms with E-state index >= 15 is 0 Å². The number of pyridine rings is 1. The van der Waals surface area contributed by atoms with E-state index < -0.39 is 0 Å². The standard InChI is InChI=1S/C12H19N3/c1-9(2)15(8-10-5-6-10)12-11(13)4-3-7-14-12/h3-4,7,9-10H,5-6,8,13H2,1-2H3. The molecule has 3 heteroatoms. The van der Waals surface area contributed by atoms with Crippen LogP contribution in [0, 0.1) is 5.92 Å². The van der Waals surface area contributed by atoms with E-state index in [9.17, 15) is 0 Å². The molecule has 2 N–H and O–H groups in total. The van der Waals surface area contributed by atoms with Crippen molar-refractivity contribution in [2.45, 2.75) is 32.7 Å². The van der Waals surface area contributed by atoms with Gasteiger partial charge in [-0.15, -0.1) is 0 Å². The largest absolute Gasteiger partial charge is 0.396 e. The average molecular weight is 205 g/mol. The van der Waals surface area contributed by atoms with Gasteiger partial charge in [-0.3, -0.25) is 0 Å². The third-order valence-corrected chi connectivity index (χ3v) is 2.86. The smallest absolute Gasteiger partial charge is 0.151 e. The summed E-state index contributed by atoms with van der Waals surface area (Å²) in [6, 6.07) is 4.27. The first-order chi connectivity index (χ1) is 7.18. The van der Waals surface area contributed by atoms with Crippen LogP contribution in [0.2, 0.25) is 0 Å². The second kappa shape index (κ2) is 4.09. The molecule has 0 aromatic carbocycles. The molecule has 0 bridgehead atoms. The van der Waals surface area contributed by atoms with Crippen LogP contribution in [0.4, 0.5) is 11.5 Å². The molecular weight excluding hydrogens is 186 g/mol. The molecule has 1 heterocycles. The maximum Gasteiger partial charge on any atom is 0.151 e. The summed E-state index contributed by atoms with van der Waals surface area (Å²) in [7, 11) is 0. The molecule has 0 radical (unpaired) electrons. The van der Waals surface area contributed by atoms with Crippen LogP contribution in [-0.4, -0.2) is 17.6 Å². The van der Waals surface area contributed by atoms with E-state index in [1.165, 1.54) is 12.8 Å². The molecule has 82 valence electrons. The van der Waals surface area contributed by atoms with Crippen LogP contribution in [0.1, 0.15) is 26.7 Å². The van der Waals surface area contributed by atoms with E-state index in [1.807, 2.05) is 18.3 Å². The summed E-state index contributed by atoms with van der Waals surface area (Å²) < 4.78 is 0. The van der Waals surface area contributed by atoms with Crippen LogP contribution in [0.15, 0.2) is 18.3 Å². The zero-order valence-electron chi connectivity index (χ0n) is 9.48. The number of hydrogen-bond acceptors (Lipinski definition) is 3. The van der Waals surface area contributed by atoms with Crippen LogP contribution in [0.25, 0.3) is 0 Å².